The van der Waals surface area contributed by atoms with Crippen LogP contribution in [0.1, 0.15) is 16.1 Å². The number of hydrogen-bond donors (Lipinski definition) is 1. The fourth-order valence-electron chi connectivity index (χ4n) is 2.28. The molecule has 0 aliphatic heterocycles. The maximum atomic E-state index is 12.9. The van der Waals surface area contributed by atoms with Gasteiger partial charge in [0.1, 0.15) is 17.2 Å². The number of carboxylic acid groups (broad SMARTS) is 1. The van der Waals surface area contributed by atoms with E-state index in [1.807, 2.05) is 6.07 Å². The number of benzene rings is 1. The summed E-state index contributed by atoms with van der Waals surface area (Å²) >= 11 is 0. The molecule has 0 amide bonds. The normalized spacial score (nSPS) is 10.7. The van der Waals surface area contributed by atoms with E-state index in [-0.39, 0.29) is 11.5 Å². The first-order valence-electron chi connectivity index (χ1n) is 7.10. The molecular formula is C17H14FN3O2. The zero-order valence-electron chi connectivity index (χ0n) is 12.2. The van der Waals surface area contributed by atoms with Gasteiger partial charge in [0.25, 0.3) is 0 Å². The lowest BCUT2D eigenvalue weighted by atomic mass is 10.1. The fraction of sp³-hybridized carbons (Fsp3) is 0.118. The molecule has 0 aliphatic rings. The van der Waals surface area contributed by atoms with Gasteiger partial charge in [0.2, 0.25) is 0 Å². The topological polar surface area (TPSA) is 68.0 Å². The summed E-state index contributed by atoms with van der Waals surface area (Å²) in [6.45, 7) is 0.389. The van der Waals surface area contributed by atoms with E-state index in [2.05, 4.69) is 10.1 Å². The fourth-order valence-corrected chi connectivity index (χ4v) is 2.28. The van der Waals surface area contributed by atoms with Crippen LogP contribution in [0.4, 0.5) is 4.39 Å². The average molecular weight is 311 g/mol. The molecule has 1 N–H and O–H groups in total. The summed E-state index contributed by atoms with van der Waals surface area (Å²) in [5.74, 6) is -1.34. The standard InChI is InChI=1S/C17H14FN3O2/c18-13-6-4-12(5-7-13)8-10-21-16(17(22)23)11-15(20-21)14-3-1-2-9-19-14/h1-7,9,11H,8,10H2,(H,22,23). The van der Waals surface area contributed by atoms with E-state index < -0.39 is 5.97 Å². The second kappa shape index (κ2) is 6.39. The highest BCUT2D eigenvalue weighted by atomic mass is 19.1. The molecule has 3 aromatic rings. The summed E-state index contributed by atoms with van der Waals surface area (Å²) < 4.78 is 14.3. The van der Waals surface area contributed by atoms with E-state index in [1.165, 1.54) is 22.9 Å². The van der Waals surface area contributed by atoms with Crippen molar-refractivity contribution in [2.45, 2.75) is 13.0 Å². The van der Waals surface area contributed by atoms with Gasteiger partial charge in [-0.2, -0.15) is 5.10 Å². The van der Waals surface area contributed by atoms with Gasteiger partial charge in [-0.05, 0) is 36.2 Å². The molecule has 3 rings (SSSR count). The van der Waals surface area contributed by atoms with E-state index in [4.69, 9.17) is 0 Å². The largest absolute Gasteiger partial charge is 0.477 e. The van der Waals surface area contributed by atoms with Crippen molar-refractivity contribution < 1.29 is 14.3 Å². The Kier molecular flexibility index (Phi) is 4.14. The molecule has 0 spiro atoms. The number of aromatic nitrogens is 3. The van der Waals surface area contributed by atoms with Crippen LogP contribution in [0.2, 0.25) is 0 Å². The van der Waals surface area contributed by atoms with Crippen LogP contribution in [0.25, 0.3) is 11.4 Å². The van der Waals surface area contributed by atoms with Gasteiger partial charge in [0.05, 0.1) is 5.69 Å². The predicted molar refractivity (Wildman–Crippen MR) is 82.5 cm³/mol. The summed E-state index contributed by atoms with van der Waals surface area (Å²) in [5.41, 5.74) is 2.16. The minimum Gasteiger partial charge on any atom is -0.477 e. The Hall–Kier alpha value is -3.02. The Balaban J connectivity index is 1.84. The number of nitrogens with zero attached hydrogens (tertiary/aromatic N) is 3. The number of carboxylic acids is 1. The van der Waals surface area contributed by atoms with Gasteiger partial charge in [0.15, 0.2) is 0 Å². The lowest BCUT2D eigenvalue weighted by molar-refractivity contribution is 0.0683. The molecule has 0 radical (unpaired) electrons. The van der Waals surface area contributed by atoms with Crippen molar-refractivity contribution in [3.8, 4) is 11.4 Å². The maximum absolute atomic E-state index is 12.9. The Morgan fingerprint density at radius 1 is 1.13 bits per heavy atom. The third kappa shape index (κ3) is 3.42. The third-order valence-corrected chi connectivity index (χ3v) is 3.45. The van der Waals surface area contributed by atoms with Crippen LogP contribution in [0, 0.1) is 5.82 Å². The number of rotatable bonds is 5. The third-order valence-electron chi connectivity index (χ3n) is 3.45. The molecule has 0 atom stereocenters. The van der Waals surface area contributed by atoms with E-state index >= 15 is 0 Å². The number of aromatic carboxylic acids is 1. The van der Waals surface area contributed by atoms with Crippen LogP contribution in [-0.4, -0.2) is 25.8 Å². The lowest BCUT2D eigenvalue weighted by Crippen LogP contribution is -2.11. The zero-order chi connectivity index (χ0) is 16.2. The minimum absolute atomic E-state index is 0.104. The van der Waals surface area contributed by atoms with Crippen molar-refractivity contribution in [1.82, 2.24) is 14.8 Å². The van der Waals surface area contributed by atoms with Crippen LogP contribution in [0.3, 0.4) is 0 Å². The SMILES string of the molecule is O=C(O)c1cc(-c2ccccn2)nn1CCc1ccc(F)cc1. The maximum Gasteiger partial charge on any atom is 0.354 e. The smallest absolute Gasteiger partial charge is 0.354 e. The number of pyridine rings is 1. The van der Waals surface area contributed by atoms with Gasteiger partial charge in [-0.25, -0.2) is 9.18 Å². The van der Waals surface area contributed by atoms with Crippen LogP contribution < -0.4 is 0 Å². The molecule has 0 saturated heterocycles. The number of hydrogen-bond acceptors (Lipinski definition) is 3. The Morgan fingerprint density at radius 2 is 1.91 bits per heavy atom. The van der Waals surface area contributed by atoms with Gasteiger partial charge >= 0.3 is 5.97 Å². The van der Waals surface area contributed by atoms with Gasteiger partial charge in [-0.15, -0.1) is 0 Å². The summed E-state index contributed by atoms with van der Waals surface area (Å²) in [6.07, 6.45) is 2.19. The van der Waals surface area contributed by atoms with Crippen LogP contribution >= 0.6 is 0 Å². The summed E-state index contributed by atoms with van der Waals surface area (Å²) in [6, 6.07) is 13.0. The number of carbonyl (C=O) groups is 1. The highest BCUT2D eigenvalue weighted by Crippen LogP contribution is 2.17. The zero-order valence-corrected chi connectivity index (χ0v) is 12.2. The number of aryl methyl sites for hydroxylation is 2. The van der Waals surface area contributed by atoms with E-state index in [9.17, 15) is 14.3 Å². The van der Waals surface area contributed by atoms with E-state index in [0.29, 0.717) is 24.4 Å². The summed E-state index contributed by atoms with van der Waals surface area (Å²) in [7, 11) is 0. The van der Waals surface area contributed by atoms with Gasteiger partial charge in [0, 0.05) is 18.8 Å². The van der Waals surface area contributed by atoms with Crippen LogP contribution in [0.5, 0.6) is 0 Å². The molecule has 0 bridgehead atoms. The second-order valence-corrected chi connectivity index (χ2v) is 5.03. The molecule has 0 saturated carbocycles. The van der Waals surface area contributed by atoms with Gasteiger partial charge < -0.3 is 5.11 Å². The van der Waals surface area contributed by atoms with E-state index in [0.717, 1.165) is 5.56 Å². The molecule has 0 aliphatic carbocycles. The molecular weight excluding hydrogens is 297 g/mol. The Labute approximate surface area is 132 Å². The van der Waals surface area contributed by atoms with Crippen molar-refractivity contribution in [2.24, 2.45) is 0 Å². The molecule has 6 heteroatoms. The lowest BCUT2D eigenvalue weighted by Gasteiger charge is -2.04. The average Bonchev–Trinajstić information content (AvgIpc) is 3.00. The molecule has 5 nitrogen and oxygen atoms in total. The molecule has 0 fully saturated rings. The van der Waals surface area contributed by atoms with Crippen LogP contribution in [0.15, 0.2) is 54.7 Å². The molecule has 2 aromatic heterocycles. The summed E-state index contributed by atoms with van der Waals surface area (Å²) in [5, 5.41) is 13.7. The van der Waals surface area contributed by atoms with Crippen molar-refractivity contribution in [2.75, 3.05) is 0 Å². The summed E-state index contributed by atoms with van der Waals surface area (Å²) in [4.78, 5) is 15.6. The van der Waals surface area contributed by atoms with Gasteiger partial charge in [-0.3, -0.25) is 9.67 Å². The quantitative estimate of drug-likeness (QED) is 0.786. The highest BCUT2D eigenvalue weighted by Gasteiger charge is 2.15. The minimum atomic E-state index is -1.04. The molecule has 0 unspecified atom stereocenters. The monoisotopic (exact) mass is 311 g/mol. The highest BCUT2D eigenvalue weighted by molar-refractivity contribution is 5.87. The van der Waals surface area contributed by atoms with Gasteiger partial charge in [-0.1, -0.05) is 18.2 Å². The van der Waals surface area contributed by atoms with Crippen molar-refractivity contribution >= 4 is 5.97 Å². The van der Waals surface area contributed by atoms with E-state index in [1.54, 1.807) is 30.5 Å². The molecule has 23 heavy (non-hydrogen) atoms. The van der Waals surface area contributed by atoms with Crippen molar-refractivity contribution in [1.29, 1.82) is 0 Å². The number of halogens is 1. The first-order valence-corrected chi connectivity index (χ1v) is 7.10. The molecule has 1 aromatic carbocycles. The Morgan fingerprint density at radius 3 is 2.57 bits per heavy atom. The first-order chi connectivity index (χ1) is 11.1. The van der Waals surface area contributed by atoms with Crippen molar-refractivity contribution in [3.63, 3.8) is 0 Å². The molecule has 2 heterocycles. The van der Waals surface area contributed by atoms with Crippen molar-refractivity contribution in [3.05, 3.63) is 71.8 Å². The first kappa shape index (κ1) is 14.9. The van der Waals surface area contributed by atoms with Crippen LogP contribution in [-0.2, 0) is 13.0 Å². The second-order valence-electron chi connectivity index (χ2n) is 5.03. The Bertz CT molecular complexity index is 814. The molecule has 116 valence electrons. The predicted octanol–water partition coefficient (Wildman–Crippen LogP) is 3.03.